The minimum Gasteiger partial charge on any atom is -0.465 e. The molecule has 1 aliphatic rings. The van der Waals surface area contributed by atoms with Gasteiger partial charge in [0.15, 0.2) is 11.4 Å². The Balaban J connectivity index is 2.75. The van der Waals surface area contributed by atoms with Crippen molar-refractivity contribution in [2.24, 2.45) is 10.9 Å². The molecule has 28 heavy (non-hydrogen) atoms. The molecule has 0 saturated carbocycles. The van der Waals surface area contributed by atoms with Gasteiger partial charge in [0.05, 0.1) is 18.4 Å². The molecule has 2 unspecified atom stereocenters. The number of carbonyl (C=O) groups excluding carboxylic acids is 2. The summed E-state index contributed by atoms with van der Waals surface area (Å²) >= 11 is 0. The van der Waals surface area contributed by atoms with Crippen LogP contribution in [0.3, 0.4) is 0 Å². The maximum Gasteiger partial charge on any atom is 0.319 e. The summed E-state index contributed by atoms with van der Waals surface area (Å²) < 4.78 is 18.5. The van der Waals surface area contributed by atoms with E-state index in [-0.39, 0.29) is 30.3 Å². The zero-order valence-corrected chi connectivity index (χ0v) is 15.8. The van der Waals surface area contributed by atoms with Crippen molar-refractivity contribution in [1.29, 1.82) is 10.5 Å². The fourth-order valence-electron chi connectivity index (χ4n) is 3.16. The van der Waals surface area contributed by atoms with E-state index in [1.165, 1.54) is 36.1 Å². The molecule has 0 spiro atoms. The molecule has 8 heteroatoms. The van der Waals surface area contributed by atoms with Crippen molar-refractivity contribution in [1.82, 2.24) is 4.90 Å². The molecule has 2 atom stereocenters. The number of esters is 1. The third kappa shape index (κ3) is 3.91. The number of nitriles is 2. The van der Waals surface area contributed by atoms with Crippen LogP contribution in [0.15, 0.2) is 40.7 Å². The quantitative estimate of drug-likeness (QED) is 0.552. The number of allylic oxidation sites excluding steroid dienone is 2. The van der Waals surface area contributed by atoms with E-state index in [0.717, 1.165) is 0 Å². The fraction of sp³-hybridized carbons (Fsp3) is 0.350. The second kappa shape index (κ2) is 8.92. The number of hydrogen-bond donors (Lipinski definition) is 0. The highest BCUT2D eigenvalue weighted by Crippen LogP contribution is 2.30. The fourth-order valence-corrected chi connectivity index (χ4v) is 3.16. The van der Waals surface area contributed by atoms with Crippen molar-refractivity contribution >= 4 is 17.5 Å². The number of ketones is 1. The lowest BCUT2D eigenvalue weighted by Gasteiger charge is -2.38. The Labute approximate surface area is 162 Å². The number of carbonyl (C=O) groups is 2. The number of Topliss-reactive ketones (excluding diaryl/α,β-unsaturated/α-hetero) is 1. The maximum absolute atomic E-state index is 13.4. The predicted octanol–water partition coefficient (Wildman–Crippen LogP) is 2.35. The average Bonchev–Trinajstić information content (AvgIpc) is 2.67. The second-order valence-corrected chi connectivity index (χ2v) is 6.00. The van der Waals surface area contributed by atoms with E-state index in [4.69, 9.17) is 4.74 Å². The van der Waals surface area contributed by atoms with Crippen LogP contribution in [0.25, 0.3) is 0 Å². The number of hydrogen-bond acceptors (Lipinski definition) is 7. The van der Waals surface area contributed by atoms with Crippen LogP contribution in [0.4, 0.5) is 4.39 Å². The molecule has 7 nitrogen and oxygen atoms in total. The minimum atomic E-state index is -1.26. The highest BCUT2D eigenvalue weighted by molar-refractivity contribution is 6.12. The standard InChI is InChI=1S/C20H19FN4O3/c1-4-25-16(11-23)15(10-22)24-18(13-6-8-14(21)9-7-13)19(25)17(12(3)26)20(27)28-5-2/h6-9,17,19H,4-5H2,1-3H3. The van der Waals surface area contributed by atoms with Crippen LogP contribution in [0.2, 0.25) is 0 Å². The zero-order chi connectivity index (χ0) is 20.8. The summed E-state index contributed by atoms with van der Waals surface area (Å²) in [6, 6.07) is 8.18. The summed E-state index contributed by atoms with van der Waals surface area (Å²) in [7, 11) is 0. The van der Waals surface area contributed by atoms with Crippen molar-refractivity contribution in [3.63, 3.8) is 0 Å². The van der Waals surface area contributed by atoms with Gasteiger partial charge in [-0.15, -0.1) is 0 Å². The van der Waals surface area contributed by atoms with Crippen molar-refractivity contribution in [2.75, 3.05) is 13.2 Å². The first-order chi connectivity index (χ1) is 13.4. The summed E-state index contributed by atoms with van der Waals surface area (Å²) in [5.74, 6) is -2.93. The molecule has 0 amide bonds. The molecule has 0 fully saturated rings. The first-order valence-electron chi connectivity index (χ1n) is 8.72. The molecule has 144 valence electrons. The molecular weight excluding hydrogens is 363 g/mol. The van der Waals surface area contributed by atoms with Gasteiger partial charge < -0.3 is 9.64 Å². The van der Waals surface area contributed by atoms with Crippen LogP contribution in [-0.2, 0) is 14.3 Å². The van der Waals surface area contributed by atoms with Crippen LogP contribution in [-0.4, -0.2) is 41.6 Å². The van der Waals surface area contributed by atoms with Crippen LogP contribution in [0, 0.1) is 34.4 Å². The molecule has 1 aromatic carbocycles. The summed E-state index contributed by atoms with van der Waals surface area (Å²) in [6.45, 7) is 4.93. The van der Waals surface area contributed by atoms with E-state index in [9.17, 15) is 24.5 Å². The molecule has 0 saturated heterocycles. The smallest absolute Gasteiger partial charge is 0.319 e. The van der Waals surface area contributed by atoms with Gasteiger partial charge in [-0.3, -0.25) is 9.59 Å². The van der Waals surface area contributed by atoms with Gasteiger partial charge in [0.25, 0.3) is 0 Å². The number of likely N-dealkylation sites (N-methyl/N-ethyl adjacent to an activating group) is 1. The van der Waals surface area contributed by atoms with E-state index >= 15 is 0 Å². The molecule has 1 aromatic rings. The highest BCUT2D eigenvalue weighted by atomic mass is 19.1. The monoisotopic (exact) mass is 382 g/mol. The molecule has 0 aromatic heterocycles. The van der Waals surface area contributed by atoms with Crippen molar-refractivity contribution in [2.45, 2.75) is 26.8 Å². The van der Waals surface area contributed by atoms with Crippen molar-refractivity contribution in [3.8, 4) is 12.1 Å². The lowest BCUT2D eigenvalue weighted by molar-refractivity contribution is -0.152. The van der Waals surface area contributed by atoms with Crippen molar-refractivity contribution in [3.05, 3.63) is 47.0 Å². The van der Waals surface area contributed by atoms with Gasteiger partial charge in [0.1, 0.15) is 29.7 Å². The highest BCUT2D eigenvalue weighted by Gasteiger charge is 2.44. The van der Waals surface area contributed by atoms with Crippen LogP contribution >= 0.6 is 0 Å². The predicted molar refractivity (Wildman–Crippen MR) is 98.2 cm³/mol. The van der Waals surface area contributed by atoms with E-state index in [1.807, 2.05) is 12.1 Å². The number of aliphatic imine (C=N–C) groups is 1. The van der Waals surface area contributed by atoms with Gasteiger partial charge in [-0.1, -0.05) is 12.1 Å². The van der Waals surface area contributed by atoms with E-state index in [1.54, 1.807) is 13.8 Å². The molecule has 0 radical (unpaired) electrons. The lowest BCUT2D eigenvalue weighted by Crippen LogP contribution is -2.53. The third-order valence-electron chi connectivity index (χ3n) is 4.35. The van der Waals surface area contributed by atoms with Gasteiger partial charge in [0.2, 0.25) is 0 Å². The SMILES string of the molecule is CCOC(=O)C(C(C)=O)C1C(c2ccc(F)cc2)=NC(C#N)=C(C#N)N1CC. The Bertz CT molecular complexity index is 922. The first-order valence-corrected chi connectivity index (χ1v) is 8.72. The first kappa shape index (κ1) is 20.8. The summed E-state index contributed by atoms with van der Waals surface area (Å²) in [5.41, 5.74) is 0.498. The Morgan fingerprint density at radius 3 is 2.36 bits per heavy atom. The van der Waals surface area contributed by atoms with Crippen LogP contribution in [0.1, 0.15) is 26.3 Å². The van der Waals surface area contributed by atoms with Gasteiger partial charge in [-0.25, -0.2) is 9.38 Å². The normalized spacial score (nSPS) is 17.3. The molecule has 2 rings (SSSR count). The molecular formula is C20H19FN4O3. The summed E-state index contributed by atoms with van der Waals surface area (Å²) in [5, 5.41) is 19.0. The Hall–Kier alpha value is -3.52. The number of benzene rings is 1. The Morgan fingerprint density at radius 2 is 1.89 bits per heavy atom. The summed E-state index contributed by atoms with van der Waals surface area (Å²) in [6.07, 6.45) is 0. The molecule has 1 aliphatic heterocycles. The Kier molecular flexibility index (Phi) is 6.62. The largest absolute Gasteiger partial charge is 0.465 e. The van der Waals surface area contributed by atoms with Crippen LogP contribution in [0.5, 0.6) is 0 Å². The second-order valence-electron chi connectivity index (χ2n) is 6.00. The van der Waals surface area contributed by atoms with Crippen LogP contribution < -0.4 is 0 Å². The number of nitrogens with zero attached hydrogens (tertiary/aromatic N) is 4. The number of ether oxygens (including phenoxy) is 1. The van der Waals surface area contributed by atoms with Gasteiger partial charge in [0, 0.05) is 6.54 Å². The molecule has 0 aliphatic carbocycles. The molecule has 1 heterocycles. The number of halogens is 1. The minimum absolute atomic E-state index is 0.0311. The molecule has 0 bridgehead atoms. The van der Waals surface area contributed by atoms with Crippen molar-refractivity contribution < 1.29 is 18.7 Å². The van der Waals surface area contributed by atoms with E-state index < -0.39 is 29.5 Å². The number of rotatable bonds is 6. The maximum atomic E-state index is 13.4. The Morgan fingerprint density at radius 1 is 1.25 bits per heavy atom. The third-order valence-corrected chi connectivity index (χ3v) is 4.35. The zero-order valence-electron chi connectivity index (χ0n) is 15.8. The van der Waals surface area contributed by atoms with Gasteiger partial charge >= 0.3 is 5.97 Å². The molecule has 0 N–H and O–H groups in total. The summed E-state index contributed by atoms with van der Waals surface area (Å²) in [4.78, 5) is 30.7. The van der Waals surface area contributed by atoms with Gasteiger partial charge in [-0.2, -0.15) is 10.5 Å². The van der Waals surface area contributed by atoms with Gasteiger partial charge in [-0.05, 0) is 38.5 Å². The van der Waals surface area contributed by atoms with E-state index in [0.29, 0.717) is 5.56 Å². The van der Waals surface area contributed by atoms with E-state index in [2.05, 4.69) is 4.99 Å². The topological polar surface area (TPSA) is 107 Å². The average molecular weight is 382 g/mol. The lowest BCUT2D eigenvalue weighted by atomic mass is 9.85.